The average Bonchev–Trinajstić information content (AvgIpc) is 2.61. The number of esters is 1. The Kier molecular flexibility index (Phi) is 4.00. The van der Waals surface area contributed by atoms with E-state index in [0.29, 0.717) is 17.3 Å². The number of carbonyl (C=O) groups is 1. The summed E-state index contributed by atoms with van der Waals surface area (Å²) in [7, 11) is 1.37. The number of ether oxygens (including phenoxy) is 1. The van der Waals surface area contributed by atoms with Gasteiger partial charge in [-0.05, 0) is 20.3 Å². The predicted octanol–water partition coefficient (Wildman–Crippen LogP) is 2.99. The number of nitrogens with zero attached hydrogens (tertiary/aromatic N) is 1. The molecule has 0 aromatic carbocycles. The van der Waals surface area contributed by atoms with Crippen LogP contribution >= 0.6 is 0 Å². The summed E-state index contributed by atoms with van der Waals surface area (Å²) in [5, 5.41) is 0. The molecule has 0 saturated heterocycles. The molecular weight excluding hydrogens is 242 g/mol. The van der Waals surface area contributed by atoms with Gasteiger partial charge in [-0.2, -0.15) is 0 Å². The second-order valence-electron chi connectivity index (χ2n) is 4.48. The maximum absolute atomic E-state index is 11.3. The summed E-state index contributed by atoms with van der Waals surface area (Å²) in [5.41, 5.74) is 2.83. The minimum atomic E-state index is -0.312. The van der Waals surface area contributed by atoms with Crippen LogP contribution in [0.2, 0.25) is 0 Å². The molecule has 1 aromatic rings. The summed E-state index contributed by atoms with van der Waals surface area (Å²) >= 11 is 0. The normalized spacial score (nSPS) is 14.7. The highest BCUT2D eigenvalue weighted by molar-refractivity contribution is 5.72. The summed E-state index contributed by atoms with van der Waals surface area (Å²) in [6.07, 6.45) is 9.08. The van der Waals surface area contributed by atoms with Crippen LogP contribution in [0.5, 0.6) is 0 Å². The molecule has 0 radical (unpaired) electrons. The summed E-state index contributed by atoms with van der Waals surface area (Å²) in [6.45, 7) is 3.85. The molecule has 0 N–H and O–H groups in total. The van der Waals surface area contributed by atoms with Gasteiger partial charge in [0, 0.05) is 5.57 Å². The van der Waals surface area contributed by atoms with E-state index in [1.165, 1.54) is 12.7 Å². The number of aryl methyl sites for hydroxylation is 1. The Morgan fingerprint density at radius 2 is 2.21 bits per heavy atom. The van der Waals surface area contributed by atoms with Gasteiger partial charge < -0.3 is 9.15 Å². The van der Waals surface area contributed by atoms with Crippen LogP contribution in [-0.2, 0) is 16.0 Å². The smallest absolute Gasteiger partial charge is 0.311 e. The second kappa shape index (κ2) is 5.69. The molecular formula is C15H17NO3. The van der Waals surface area contributed by atoms with Crippen LogP contribution in [-0.4, -0.2) is 18.1 Å². The first kappa shape index (κ1) is 13.3. The lowest BCUT2D eigenvalue weighted by Gasteiger charge is -1.96. The zero-order valence-corrected chi connectivity index (χ0v) is 11.4. The number of methoxy groups -OCH3 is 1. The van der Waals surface area contributed by atoms with Crippen molar-refractivity contribution in [2.45, 2.75) is 26.7 Å². The van der Waals surface area contributed by atoms with E-state index in [4.69, 9.17) is 4.42 Å². The van der Waals surface area contributed by atoms with Gasteiger partial charge >= 0.3 is 5.97 Å². The van der Waals surface area contributed by atoms with Crippen molar-refractivity contribution >= 4 is 11.5 Å². The van der Waals surface area contributed by atoms with Gasteiger partial charge in [-0.1, -0.05) is 29.9 Å². The fourth-order valence-corrected chi connectivity index (χ4v) is 1.82. The van der Waals surface area contributed by atoms with E-state index in [0.717, 1.165) is 12.0 Å². The van der Waals surface area contributed by atoms with Gasteiger partial charge in [-0.25, -0.2) is 4.98 Å². The van der Waals surface area contributed by atoms with Crippen molar-refractivity contribution < 1.29 is 13.9 Å². The summed E-state index contributed by atoms with van der Waals surface area (Å²) in [5.74, 6) is 0.927. The van der Waals surface area contributed by atoms with Gasteiger partial charge in [0.05, 0.1) is 19.2 Å². The Morgan fingerprint density at radius 3 is 2.95 bits per heavy atom. The van der Waals surface area contributed by atoms with Gasteiger partial charge in [-0.3, -0.25) is 4.79 Å². The van der Waals surface area contributed by atoms with Gasteiger partial charge in [0.2, 0.25) is 5.89 Å². The SMILES string of the molecule is COC(=O)Cc1nc(C2=CC=C(C)C=CC2)oc1C. The quantitative estimate of drug-likeness (QED) is 0.783. The molecule has 4 heteroatoms. The number of hydrogen-bond acceptors (Lipinski definition) is 4. The molecule has 0 amide bonds. The van der Waals surface area contributed by atoms with E-state index in [-0.39, 0.29) is 12.4 Å². The van der Waals surface area contributed by atoms with E-state index in [2.05, 4.69) is 21.9 Å². The van der Waals surface area contributed by atoms with Crippen LogP contribution in [0.1, 0.15) is 30.7 Å². The van der Waals surface area contributed by atoms with Crippen molar-refractivity contribution in [3.05, 3.63) is 47.2 Å². The molecule has 0 fully saturated rings. The minimum Gasteiger partial charge on any atom is -0.469 e. The number of allylic oxidation sites excluding steroid dienone is 6. The molecule has 0 atom stereocenters. The average molecular weight is 259 g/mol. The van der Waals surface area contributed by atoms with Crippen LogP contribution in [0.3, 0.4) is 0 Å². The third-order valence-electron chi connectivity index (χ3n) is 2.97. The third-order valence-corrected chi connectivity index (χ3v) is 2.97. The number of oxazole rings is 1. The van der Waals surface area contributed by atoms with Gasteiger partial charge in [0.15, 0.2) is 0 Å². The lowest BCUT2D eigenvalue weighted by molar-refractivity contribution is -0.139. The maximum atomic E-state index is 11.3. The molecule has 0 unspecified atom stereocenters. The first-order chi connectivity index (χ1) is 9.10. The highest BCUT2D eigenvalue weighted by atomic mass is 16.5. The van der Waals surface area contributed by atoms with Crippen LogP contribution in [0.25, 0.3) is 5.57 Å². The van der Waals surface area contributed by atoms with Gasteiger partial charge in [0.1, 0.15) is 5.76 Å². The molecule has 1 heterocycles. The third kappa shape index (κ3) is 3.22. The zero-order chi connectivity index (χ0) is 13.8. The van der Waals surface area contributed by atoms with Crippen molar-refractivity contribution in [3.8, 4) is 0 Å². The van der Waals surface area contributed by atoms with E-state index in [1.54, 1.807) is 0 Å². The topological polar surface area (TPSA) is 52.3 Å². The largest absolute Gasteiger partial charge is 0.469 e. The lowest BCUT2D eigenvalue weighted by Crippen LogP contribution is -2.05. The molecule has 2 rings (SSSR count). The highest BCUT2D eigenvalue weighted by Gasteiger charge is 2.16. The Morgan fingerprint density at radius 1 is 1.42 bits per heavy atom. The van der Waals surface area contributed by atoms with E-state index in [1.807, 2.05) is 26.0 Å². The molecule has 0 spiro atoms. The Balaban J connectivity index is 2.25. The molecule has 4 nitrogen and oxygen atoms in total. The van der Waals surface area contributed by atoms with E-state index < -0.39 is 0 Å². The first-order valence-electron chi connectivity index (χ1n) is 6.17. The van der Waals surface area contributed by atoms with Crippen LogP contribution in [0.4, 0.5) is 0 Å². The predicted molar refractivity (Wildman–Crippen MR) is 72.5 cm³/mol. The van der Waals surface area contributed by atoms with E-state index in [9.17, 15) is 4.79 Å². The van der Waals surface area contributed by atoms with Gasteiger partial charge in [0.25, 0.3) is 0 Å². The Hall–Kier alpha value is -2.10. The summed E-state index contributed by atoms with van der Waals surface area (Å²) in [4.78, 5) is 15.7. The molecule has 1 aromatic heterocycles. The molecule has 1 aliphatic carbocycles. The van der Waals surface area contributed by atoms with Crippen molar-refractivity contribution in [1.29, 1.82) is 0 Å². The summed E-state index contributed by atoms with van der Waals surface area (Å²) in [6, 6.07) is 0. The number of carbonyl (C=O) groups excluding carboxylic acids is 1. The van der Waals surface area contributed by atoms with Crippen molar-refractivity contribution in [2.24, 2.45) is 0 Å². The molecule has 100 valence electrons. The first-order valence-corrected chi connectivity index (χ1v) is 6.17. The molecule has 0 bridgehead atoms. The molecule has 19 heavy (non-hydrogen) atoms. The monoisotopic (exact) mass is 259 g/mol. The van der Waals surface area contributed by atoms with Crippen molar-refractivity contribution in [2.75, 3.05) is 7.11 Å². The fourth-order valence-electron chi connectivity index (χ4n) is 1.82. The van der Waals surface area contributed by atoms with E-state index >= 15 is 0 Å². The fraction of sp³-hybridized carbons (Fsp3) is 0.333. The van der Waals surface area contributed by atoms with Crippen LogP contribution in [0, 0.1) is 6.92 Å². The number of aromatic nitrogens is 1. The standard InChI is InChI=1S/C15H17NO3/c1-10-5-4-6-12(8-7-10)15-16-13(11(2)19-15)9-14(17)18-3/h4-5,7-8H,6,9H2,1-3H3. The molecule has 1 aliphatic rings. The minimum absolute atomic E-state index is 0.143. The number of rotatable bonds is 3. The Labute approximate surface area is 112 Å². The lowest BCUT2D eigenvalue weighted by atomic mass is 10.2. The summed E-state index contributed by atoms with van der Waals surface area (Å²) < 4.78 is 10.3. The zero-order valence-electron chi connectivity index (χ0n) is 11.4. The van der Waals surface area contributed by atoms with Crippen LogP contribution < -0.4 is 0 Å². The molecule has 0 saturated carbocycles. The number of hydrogen-bond donors (Lipinski definition) is 0. The highest BCUT2D eigenvalue weighted by Crippen LogP contribution is 2.24. The Bertz CT molecular complexity index is 576. The second-order valence-corrected chi connectivity index (χ2v) is 4.48. The maximum Gasteiger partial charge on any atom is 0.311 e. The van der Waals surface area contributed by atoms with Gasteiger partial charge in [-0.15, -0.1) is 0 Å². The van der Waals surface area contributed by atoms with Crippen molar-refractivity contribution in [1.82, 2.24) is 4.98 Å². The molecule has 0 aliphatic heterocycles. The van der Waals surface area contributed by atoms with Crippen LogP contribution in [0.15, 0.2) is 34.3 Å². The van der Waals surface area contributed by atoms with Crippen molar-refractivity contribution in [3.63, 3.8) is 0 Å².